The molecule has 0 aliphatic carbocycles. The molecule has 2 heterocycles. The van der Waals surface area contributed by atoms with Gasteiger partial charge in [-0.15, -0.1) is 0 Å². The van der Waals surface area contributed by atoms with Crippen LogP contribution in [0, 0.1) is 13.8 Å². The Morgan fingerprint density at radius 2 is 1.88 bits per heavy atom. The number of Topliss-reactive ketones (excluding diaryl/α,β-unsaturated/α-hetero) is 1. The van der Waals surface area contributed by atoms with E-state index < -0.39 is 5.97 Å². The summed E-state index contributed by atoms with van der Waals surface area (Å²) >= 11 is 0. The van der Waals surface area contributed by atoms with Gasteiger partial charge in [-0.1, -0.05) is 0 Å². The average Bonchev–Trinajstić information content (AvgIpc) is 3.24. The van der Waals surface area contributed by atoms with Crippen LogP contribution in [0.4, 0.5) is 5.69 Å². The molecule has 0 bridgehead atoms. The molecule has 0 atom stereocenters. The lowest BCUT2D eigenvalue weighted by Crippen LogP contribution is -2.15. The Balaban J connectivity index is 1.68. The lowest BCUT2D eigenvalue weighted by molar-refractivity contribution is 0.0474. The number of benzene rings is 1. The smallest absolute Gasteiger partial charge is 0.338 e. The molecule has 6 nitrogen and oxygen atoms in total. The lowest BCUT2D eigenvalue weighted by atomic mass is 10.1. The first-order valence-corrected chi connectivity index (χ1v) is 8.20. The maximum absolute atomic E-state index is 12.5. The van der Waals surface area contributed by atoms with Crippen molar-refractivity contribution in [3.63, 3.8) is 0 Å². The van der Waals surface area contributed by atoms with E-state index in [9.17, 15) is 9.59 Å². The summed E-state index contributed by atoms with van der Waals surface area (Å²) in [4.78, 5) is 24.5. The van der Waals surface area contributed by atoms with Crippen LogP contribution < -0.4 is 5.73 Å². The molecule has 26 heavy (non-hydrogen) atoms. The minimum atomic E-state index is -0.553. The standard InChI is InChI=1S/C20H20N2O4/c1-13-10-18(14(2)22(13)11-17-4-3-9-25-17)19(23)12-26-20(24)15-5-7-16(21)8-6-15/h3-10H,11-12,21H2,1-2H3. The van der Waals surface area contributed by atoms with Crippen LogP contribution >= 0.6 is 0 Å². The highest BCUT2D eigenvalue weighted by molar-refractivity contribution is 6.00. The molecule has 2 N–H and O–H groups in total. The van der Waals surface area contributed by atoms with Gasteiger partial charge in [0.15, 0.2) is 6.61 Å². The second-order valence-corrected chi connectivity index (χ2v) is 6.07. The van der Waals surface area contributed by atoms with Gasteiger partial charge in [0.1, 0.15) is 5.76 Å². The van der Waals surface area contributed by atoms with E-state index in [4.69, 9.17) is 14.9 Å². The molecule has 1 aromatic carbocycles. The summed E-state index contributed by atoms with van der Waals surface area (Å²) < 4.78 is 12.5. The molecular weight excluding hydrogens is 332 g/mol. The van der Waals surface area contributed by atoms with Gasteiger partial charge in [0.05, 0.1) is 18.4 Å². The van der Waals surface area contributed by atoms with Crippen LogP contribution in [0.2, 0.25) is 0 Å². The number of furan rings is 1. The van der Waals surface area contributed by atoms with Crippen molar-refractivity contribution < 1.29 is 18.7 Å². The van der Waals surface area contributed by atoms with Gasteiger partial charge < -0.3 is 19.5 Å². The molecule has 3 rings (SSSR count). The van der Waals surface area contributed by atoms with Crippen molar-refractivity contribution in [1.82, 2.24) is 4.57 Å². The number of anilines is 1. The zero-order chi connectivity index (χ0) is 18.7. The summed E-state index contributed by atoms with van der Waals surface area (Å²) in [6, 6.07) is 11.9. The van der Waals surface area contributed by atoms with Crippen molar-refractivity contribution in [3.8, 4) is 0 Å². The van der Waals surface area contributed by atoms with Crippen molar-refractivity contribution in [2.24, 2.45) is 0 Å². The zero-order valence-corrected chi connectivity index (χ0v) is 14.7. The number of aromatic nitrogens is 1. The van der Waals surface area contributed by atoms with Gasteiger partial charge in [0.25, 0.3) is 0 Å². The quantitative estimate of drug-likeness (QED) is 0.417. The fourth-order valence-corrected chi connectivity index (χ4v) is 2.80. The molecule has 0 amide bonds. The number of ketones is 1. The third-order valence-corrected chi connectivity index (χ3v) is 4.25. The van der Waals surface area contributed by atoms with Gasteiger partial charge in [0.2, 0.25) is 5.78 Å². The Kier molecular flexibility index (Phi) is 4.93. The number of nitrogen functional groups attached to an aromatic ring is 1. The topological polar surface area (TPSA) is 87.5 Å². The molecule has 0 spiro atoms. The van der Waals surface area contributed by atoms with Crippen molar-refractivity contribution in [3.05, 3.63) is 77.0 Å². The number of nitrogens with zero attached hydrogens (tertiary/aromatic N) is 1. The number of hydrogen-bond acceptors (Lipinski definition) is 5. The van der Waals surface area contributed by atoms with Gasteiger partial charge in [-0.3, -0.25) is 4.79 Å². The molecule has 0 aliphatic heterocycles. The van der Waals surface area contributed by atoms with Gasteiger partial charge >= 0.3 is 5.97 Å². The van der Waals surface area contributed by atoms with Crippen LogP contribution in [0.5, 0.6) is 0 Å². The molecule has 6 heteroatoms. The maximum Gasteiger partial charge on any atom is 0.338 e. The Morgan fingerprint density at radius 1 is 1.15 bits per heavy atom. The van der Waals surface area contributed by atoms with Crippen molar-refractivity contribution in [1.29, 1.82) is 0 Å². The van der Waals surface area contributed by atoms with E-state index in [2.05, 4.69) is 0 Å². The summed E-state index contributed by atoms with van der Waals surface area (Å²) in [6.45, 7) is 4.02. The van der Waals surface area contributed by atoms with E-state index in [1.807, 2.05) is 30.5 Å². The number of rotatable bonds is 6. The Morgan fingerprint density at radius 3 is 2.54 bits per heavy atom. The van der Waals surface area contributed by atoms with Crippen LogP contribution in [-0.2, 0) is 11.3 Å². The van der Waals surface area contributed by atoms with Crippen molar-refractivity contribution in [2.75, 3.05) is 12.3 Å². The molecule has 0 fully saturated rings. The van der Waals surface area contributed by atoms with Crippen molar-refractivity contribution >= 4 is 17.4 Å². The minimum absolute atomic E-state index is 0.243. The highest BCUT2D eigenvalue weighted by atomic mass is 16.5. The first kappa shape index (κ1) is 17.5. The SMILES string of the molecule is Cc1cc(C(=O)COC(=O)c2ccc(N)cc2)c(C)n1Cc1ccco1. The average molecular weight is 352 g/mol. The number of carbonyl (C=O) groups is 2. The second kappa shape index (κ2) is 7.31. The predicted molar refractivity (Wildman–Crippen MR) is 97.2 cm³/mol. The summed E-state index contributed by atoms with van der Waals surface area (Å²) in [5.41, 5.74) is 8.80. The monoisotopic (exact) mass is 352 g/mol. The van der Waals surface area contributed by atoms with E-state index in [-0.39, 0.29) is 12.4 Å². The second-order valence-electron chi connectivity index (χ2n) is 6.07. The van der Waals surface area contributed by atoms with Gasteiger partial charge in [-0.2, -0.15) is 0 Å². The number of aryl methyl sites for hydroxylation is 1. The number of carbonyl (C=O) groups excluding carboxylic acids is 2. The van der Waals surface area contributed by atoms with E-state index in [1.54, 1.807) is 36.6 Å². The summed E-state index contributed by atoms with van der Waals surface area (Å²) in [7, 11) is 0. The maximum atomic E-state index is 12.5. The highest BCUT2D eigenvalue weighted by Crippen LogP contribution is 2.18. The van der Waals surface area contributed by atoms with E-state index >= 15 is 0 Å². The molecule has 2 aromatic heterocycles. The molecule has 3 aromatic rings. The number of hydrogen-bond donors (Lipinski definition) is 1. The fourth-order valence-electron chi connectivity index (χ4n) is 2.80. The van der Waals surface area contributed by atoms with Crippen LogP contribution in [-0.4, -0.2) is 22.9 Å². The third kappa shape index (κ3) is 3.69. The largest absolute Gasteiger partial charge is 0.467 e. The van der Waals surface area contributed by atoms with Crippen molar-refractivity contribution in [2.45, 2.75) is 20.4 Å². The lowest BCUT2D eigenvalue weighted by Gasteiger charge is -2.08. The minimum Gasteiger partial charge on any atom is -0.467 e. The molecule has 134 valence electrons. The molecular formula is C20H20N2O4. The van der Waals surface area contributed by atoms with Gasteiger partial charge in [-0.05, 0) is 56.3 Å². The molecule has 0 radical (unpaired) electrons. The van der Waals surface area contributed by atoms with E-state index in [0.29, 0.717) is 23.4 Å². The Hall–Kier alpha value is -3.28. The number of nitrogens with two attached hydrogens (primary N) is 1. The zero-order valence-electron chi connectivity index (χ0n) is 14.7. The normalized spacial score (nSPS) is 10.7. The van der Waals surface area contributed by atoms with Gasteiger partial charge in [-0.25, -0.2) is 4.79 Å². The number of esters is 1. The molecule has 0 unspecified atom stereocenters. The van der Waals surface area contributed by atoms with Crippen LogP contribution in [0.15, 0.2) is 53.1 Å². The van der Waals surface area contributed by atoms with E-state index in [1.165, 1.54) is 0 Å². The fraction of sp³-hybridized carbons (Fsp3) is 0.200. The summed E-state index contributed by atoms with van der Waals surface area (Å²) in [6.07, 6.45) is 1.62. The van der Waals surface area contributed by atoms with Crippen LogP contribution in [0.3, 0.4) is 0 Å². The highest BCUT2D eigenvalue weighted by Gasteiger charge is 2.18. The Labute approximate surface area is 151 Å². The number of ether oxygens (including phenoxy) is 1. The summed E-state index contributed by atoms with van der Waals surface area (Å²) in [5.74, 6) is 0.0101. The van der Waals surface area contributed by atoms with Gasteiger partial charge in [0, 0.05) is 22.6 Å². The van der Waals surface area contributed by atoms with Crippen LogP contribution in [0.25, 0.3) is 0 Å². The Bertz CT molecular complexity index is 922. The molecule has 0 saturated heterocycles. The first-order valence-electron chi connectivity index (χ1n) is 8.20. The van der Waals surface area contributed by atoms with E-state index in [0.717, 1.165) is 17.1 Å². The summed E-state index contributed by atoms with van der Waals surface area (Å²) in [5, 5.41) is 0. The molecule has 0 aliphatic rings. The molecule has 0 saturated carbocycles. The third-order valence-electron chi connectivity index (χ3n) is 4.25. The first-order chi connectivity index (χ1) is 12.5. The van der Waals surface area contributed by atoms with Crippen LogP contribution in [0.1, 0.15) is 37.9 Å². The predicted octanol–water partition coefficient (Wildman–Crippen LogP) is 3.37.